The van der Waals surface area contributed by atoms with E-state index in [-0.39, 0.29) is 39.9 Å². The molecule has 0 amide bonds. The molecule has 1 N–H and O–H groups in total. The number of esters is 1. The molecule has 53 heavy (non-hydrogen) atoms. The summed E-state index contributed by atoms with van der Waals surface area (Å²) in [5, 5.41) is 16.9. The number of thioether (sulfide) groups is 1. The minimum atomic E-state index is -1.45. The van der Waals surface area contributed by atoms with Crippen LogP contribution >= 0.6 is 11.8 Å². The second-order valence-electron chi connectivity index (χ2n) is 16.2. The highest BCUT2D eigenvalue weighted by Gasteiger charge is 2.71. The first kappa shape index (κ1) is 34.5. The van der Waals surface area contributed by atoms with Crippen LogP contribution in [0.1, 0.15) is 86.3 Å². The Bertz CT molecular complexity index is 2080. The number of aliphatic hydroxyl groups excluding tert-OH is 1. The predicted octanol–water partition coefficient (Wildman–Crippen LogP) is 7.81. The first-order chi connectivity index (χ1) is 25.6. The fourth-order valence-electron chi connectivity index (χ4n) is 11.0. The van der Waals surface area contributed by atoms with Crippen LogP contribution in [-0.4, -0.2) is 55.8 Å². The van der Waals surface area contributed by atoms with Crippen LogP contribution in [0.3, 0.4) is 0 Å². The lowest BCUT2D eigenvalue weighted by Crippen LogP contribution is -2.62. The second kappa shape index (κ2) is 13.0. The Morgan fingerprint density at radius 1 is 1.08 bits per heavy atom. The zero-order valence-electron chi connectivity index (χ0n) is 30.2. The molecule has 3 saturated carbocycles. The SMILES string of the molecule is C[C@]12Cc3cnn(-c4ccc(F)cc4)c3C=C1CCC1C2C(O)C[C@@]2(C)C1CC[C@]2(OC(=O)c1ccco1)C(=O)SCc1cccc(N2CCCC2)n1. The minimum absolute atomic E-state index is 0.0419. The summed E-state index contributed by atoms with van der Waals surface area (Å²) >= 11 is 1.16. The number of aromatic nitrogens is 3. The molecule has 0 bridgehead atoms. The highest BCUT2D eigenvalue weighted by atomic mass is 32.2. The van der Waals surface area contributed by atoms with Crippen molar-refractivity contribution in [2.75, 3.05) is 18.0 Å². The molecule has 1 aliphatic heterocycles. The van der Waals surface area contributed by atoms with Crippen molar-refractivity contribution in [1.82, 2.24) is 14.8 Å². The summed E-state index contributed by atoms with van der Waals surface area (Å²) in [7, 11) is 0. The quantitative estimate of drug-likeness (QED) is 0.190. The average Bonchev–Trinajstić information content (AvgIpc) is 3.98. The topological polar surface area (TPSA) is 111 Å². The van der Waals surface area contributed by atoms with E-state index >= 15 is 0 Å². The van der Waals surface area contributed by atoms with Gasteiger partial charge in [0.2, 0.25) is 10.9 Å². The fourth-order valence-corrected chi connectivity index (χ4v) is 12.1. The van der Waals surface area contributed by atoms with Gasteiger partial charge in [0, 0.05) is 24.3 Å². The van der Waals surface area contributed by atoms with Crippen molar-refractivity contribution in [1.29, 1.82) is 0 Å². The van der Waals surface area contributed by atoms with Crippen molar-refractivity contribution >= 4 is 34.7 Å². The number of benzene rings is 1. The van der Waals surface area contributed by atoms with E-state index in [4.69, 9.17) is 19.2 Å². The van der Waals surface area contributed by atoms with Crippen molar-refractivity contribution < 1.29 is 28.2 Å². The van der Waals surface area contributed by atoms with Gasteiger partial charge in [-0.05, 0) is 135 Å². The van der Waals surface area contributed by atoms with Crippen molar-refractivity contribution in [2.24, 2.45) is 28.6 Å². The lowest BCUT2D eigenvalue weighted by Gasteiger charge is -2.60. The number of anilines is 1. The van der Waals surface area contributed by atoms with Crippen molar-refractivity contribution in [2.45, 2.75) is 82.7 Å². The predicted molar refractivity (Wildman–Crippen MR) is 200 cm³/mol. The van der Waals surface area contributed by atoms with Crippen LogP contribution in [0.2, 0.25) is 0 Å². The molecule has 0 spiro atoms. The largest absolute Gasteiger partial charge is 0.457 e. The van der Waals surface area contributed by atoms with Crippen molar-refractivity contribution in [3.05, 3.63) is 101 Å². The number of aliphatic hydroxyl groups is 1. The zero-order valence-corrected chi connectivity index (χ0v) is 31.0. The number of halogens is 1. The number of allylic oxidation sites excluding steroid dienone is 1. The highest BCUT2D eigenvalue weighted by Crippen LogP contribution is 2.69. The number of ether oxygens (including phenoxy) is 1. The monoisotopic (exact) mass is 736 g/mol. The Morgan fingerprint density at radius 2 is 1.89 bits per heavy atom. The van der Waals surface area contributed by atoms with E-state index in [2.05, 4.69) is 24.8 Å². The molecule has 4 heterocycles. The zero-order chi connectivity index (χ0) is 36.5. The van der Waals surface area contributed by atoms with Gasteiger partial charge >= 0.3 is 5.97 Å². The summed E-state index contributed by atoms with van der Waals surface area (Å²) in [6.07, 6.45) is 11.0. The summed E-state index contributed by atoms with van der Waals surface area (Å²) in [6.45, 7) is 6.32. The van der Waals surface area contributed by atoms with Crippen LogP contribution in [-0.2, 0) is 21.7 Å². The molecular formula is C42H45FN4O5S. The lowest BCUT2D eigenvalue weighted by atomic mass is 9.45. The fraction of sp³-hybridized carbons (Fsp3) is 0.476. The van der Waals surface area contributed by atoms with E-state index in [1.54, 1.807) is 24.3 Å². The number of fused-ring (bicyclic) bond motifs is 6. The summed E-state index contributed by atoms with van der Waals surface area (Å²) in [5.74, 6) is 0.541. The van der Waals surface area contributed by atoms with E-state index in [0.717, 1.165) is 85.4 Å². The molecule has 9 rings (SSSR count). The van der Waals surface area contributed by atoms with Crippen molar-refractivity contribution in [3.63, 3.8) is 0 Å². The Balaban J connectivity index is 1.02. The van der Waals surface area contributed by atoms with Gasteiger partial charge in [0.1, 0.15) is 11.6 Å². The molecule has 4 aliphatic carbocycles. The van der Waals surface area contributed by atoms with Crippen LogP contribution in [0.15, 0.2) is 77.0 Å². The Hall–Kier alpha value is -4.22. The van der Waals surface area contributed by atoms with Gasteiger partial charge in [-0.1, -0.05) is 37.2 Å². The second-order valence-corrected chi connectivity index (χ2v) is 17.2. The first-order valence-corrected chi connectivity index (χ1v) is 20.0. The number of pyridine rings is 1. The van der Waals surface area contributed by atoms with Gasteiger partial charge in [-0.15, -0.1) is 0 Å². The maximum absolute atomic E-state index is 14.8. The number of hydrogen-bond acceptors (Lipinski definition) is 9. The van der Waals surface area contributed by atoms with Gasteiger partial charge in [0.15, 0.2) is 5.60 Å². The summed E-state index contributed by atoms with van der Waals surface area (Å²) in [6, 6.07) is 15.5. The van der Waals surface area contributed by atoms with Crippen LogP contribution < -0.4 is 4.90 Å². The van der Waals surface area contributed by atoms with Crippen LogP contribution in [0, 0.1) is 34.4 Å². The van der Waals surface area contributed by atoms with Gasteiger partial charge in [-0.3, -0.25) is 4.79 Å². The van der Waals surface area contributed by atoms with E-state index < -0.39 is 23.1 Å². The molecule has 4 fully saturated rings. The molecular weight excluding hydrogens is 692 g/mol. The molecule has 9 nitrogen and oxygen atoms in total. The number of nitrogens with zero attached hydrogens (tertiary/aromatic N) is 4. The third-order valence-corrected chi connectivity index (χ3v) is 14.5. The van der Waals surface area contributed by atoms with Gasteiger partial charge in [0.05, 0.1) is 35.6 Å². The molecule has 3 aromatic heterocycles. The Morgan fingerprint density at radius 3 is 2.66 bits per heavy atom. The molecule has 11 heteroatoms. The van der Waals surface area contributed by atoms with Gasteiger partial charge in [-0.2, -0.15) is 5.10 Å². The standard InChI is InChI=1S/C42H45FN4O5S/c1-40-22-26-24-44-47(30-13-11-28(43)12-14-30)33(26)21-27(40)10-15-31-32-16-17-42(41(32,2)23-34(48)37(31)40,52-38(49)35-8-6-20-51-35)39(50)53-25-29-7-5-9-36(45-29)46-18-3-4-19-46/h5-9,11-14,20-21,24,31-32,34,37,48H,3-4,10,15-19,22-23,25H2,1-2H3/t31?,32?,34?,37?,40-,41-,42-/m0/s1. The van der Waals surface area contributed by atoms with E-state index in [0.29, 0.717) is 25.0 Å². The lowest BCUT2D eigenvalue weighted by molar-refractivity contribution is -0.175. The molecule has 7 atom stereocenters. The summed E-state index contributed by atoms with van der Waals surface area (Å²) in [5.41, 5.74) is 2.46. The van der Waals surface area contributed by atoms with Gasteiger partial charge in [-0.25, -0.2) is 18.9 Å². The maximum Gasteiger partial charge on any atom is 0.375 e. The first-order valence-electron chi connectivity index (χ1n) is 19.0. The summed E-state index contributed by atoms with van der Waals surface area (Å²) in [4.78, 5) is 35.6. The smallest absolute Gasteiger partial charge is 0.375 e. The number of furan rings is 1. The number of carbonyl (C=O) groups is 2. The number of rotatable bonds is 7. The van der Waals surface area contributed by atoms with Crippen LogP contribution in [0.25, 0.3) is 11.8 Å². The molecule has 1 saturated heterocycles. The van der Waals surface area contributed by atoms with Crippen LogP contribution in [0.4, 0.5) is 10.2 Å². The molecule has 276 valence electrons. The maximum atomic E-state index is 14.8. The molecule has 5 aliphatic rings. The molecule has 4 aromatic rings. The third-order valence-electron chi connectivity index (χ3n) is 13.5. The highest BCUT2D eigenvalue weighted by molar-refractivity contribution is 8.13. The van der Waals surface area contributed by atoms with Crippen LogP contribution in [0.5, 0.6) is 0 Å². The third kappa shape index (κ3) is 5.51. The van der Waals surface area contributed by atoms with Gasteiger partial charge in [0.25, 0.3) is 0 Å². The van der Waals surface area contributed by atoms with E-state index in [1.807, 2.05) is 29.1 Å². The normalized spacial score (nSPS) is 31.6. The number of carbonyl (C=O) groups excluding carboxylic acids is 2. The molecule has 0 radical (unpaired) electrons. The van der Waals surface area contributed by atoms with E-state index in [9.17, 15) is 19.1 Å². The van der Waals surface area contributed by atoms with Crippen molar-refractivity contribution in [3.8, 4) is 5.69 Å². The van der Waals surface area contributed by atoms with Gasteiger partial charge < -0.3 is 19.2 Å². The Labute approximate surface area is 313 Å². The molecule has 4 unspecified atom stereocenters. The molecule has 1 aromatic carbocycles. The number of hydrogen-bond donors (Lipinski definition) is 1. The Kier molecular flexibility index (Phi) is 8.45. The van der Waals surface area contributed by atoms with E-state index in [1.165, 1.54) is 24.0 Å². The summed E-state index contributed by atoms with van der Waals surface area (Å²) < 4.78 is 27.5. The average molecular weight is 737 g/mol. The minimum Gasteiger partial charge on any atom is -0.457 e.